The van der Waals surface area contributed by atoms with Crippen LogP contribution in [0.15, 0.2) is 54.7 Å². The van der Waals surface area contributed by atoms with E-state index in [1.165, 1.54) is 27.7 Å². The van der Waals surface area contributed by atoms with E-state index in [-0.39, 0.29) is 2.85 Å². The lowest BCUT2D eigenvalue weighted by Crippen LogP contribution is -2.04. The minimum Gasteiger partial charge on any atom is -0.378 e. The van der Waals surface area contributed by atoms with E-state index in [9.17, 15) is 0 Å². The van der Waals surface area contributed by atoms with E-state index in [0.717, 1.165) is 6.42 Å². The smallest absolute Gasteiger partial charge is 0.0576 e. The van der Waals surface area contributed by atoms with Crippen LogP contribution in [0.5, 0.6) is 0 Å². The summed E-state index contributed by atoms with van der Waals surface area (Å²) in [7, 11) is 0. The summed E-state index contributed by atoms with van der Waals surface area (Å²) < 4.78 is 0. The first kappa shape index (κ1) is 9.77. The molecule has 3 aromatic rings. The van der Waals surface area contributed by atoms with Gasteiger partial charge in [-0.1, -0.05) is 36.4 Å². The number of H-pyrrole nitrogens is 1. The Morgan fingerprint density at radius 1 is 1.00 bits per heavy atom. The van der Waals surface area contributed by atoms with Crippen LogP contribution in [0.4, 0.5) is 5.69 Å². The highest BCUT2D eigenvalue weighted by molar-refractivity contribution is 5.84. The molecule has 2 aromatic carbocycles. The Balaban J connectivity index is 0.000000735. The van der Waals surface area contributed by atoms with Gasteiger partial charge in [-0.2, -0.15) is 0 Å². The maximum absolute atomic E-state index is 3.61. The molecule has 92 valence electrons. The Morgan fingerprint density at radius 3 is 2.78 bits per heavy atom. The number of benzene rings is 2. The fourth-order valence-electron chi connectivity index (χ4n) is 2.87. The van der Waals surface area contributed by atoms with Crippen LogP contribution in [-0.4, -0.2) is 4.98 Å². The summed E-state index contributed by atoms with van der Waals surface area (Å²) >= 11 is 0. The molecule has 0 spiro atoms. The highest BCUT2D eigenvalue weighted by Crippen LogP contribution is 2.36. The standard InChI is InChI=1S/C16H14N2.2H2/c1-3-7-14-11(5-1)9-16(18-14)13-10-17-15-8-4-2-6-12(13)15;;/h1-8,10,16-18H,9H2;2*1H. The quantitative estimate of drug-likeness (QED) is 0.647. The average Bonchev–Trinajstić information content (AvgIpc) is 3.02. The Hall–Kier alpha value is -2.22. The average molecular weight is 238 g/mol. The van der Waals surface area contributed by atoms with Crippen molar-refractivity contribution in [2.75, 3.05) is 5.32 Å². The first-order valence-corrected chi connectivity index (χ1v) is 6.32. The normalized spacial score (nSPS) is 17.7. The zero-order chi connectivity index (χ0) is 11.9. The third-order valence-corrected chi connectivity index (χ3v) is 3.77. The fraction of sp³-hybridized carbons (Fsp3) is 0.125. The van der Waals surface area contributed by atoms with Crippen molar-refractivity contribution < 1.29 is 2.85 Å². The number of anilines is 1. The zero-order valence-electron chi connectivity index (χ0n) is 9.98. The summed E-state index contributed by atoms with van der Waals surface area (Å²) in [5, 5.41) is 4.93. The molecule has 2 heterocycles. The molecule has 1 aliphatic heterocycles. The van der Waals surface area contributed by atoms with Crippen molar-refractivity contribution in [3.8, 4) is 0 Å². The van der Waals surface area contributed by atoms with E-state index in [1.807, 2.05) is 0 Å². The van der Waals surface area contributed by atoms with Gasteiger partial charge in [-0.05, 0) is 29.7 Å². The van der Waals surface area contributed by atoms with Gasteiger partial charge >= 0.3 is 0 Å². The number of nitrogens with one attached hydrogen (secondary N) is 2. The molecule has 0 radical (unpaired) electrons. The van der Waals surface area contributed by atoms with Gasteiger partial charge in [-0.3, -0.25) is 0 Å². The van der Waals surface area contributed by atoms with Crippen LogP contribution < -0.4 is 5.32 Å². The SMILES string of the molecule is [HH].[HH].c1ccc2c(c1)CC(c1c[nH]c3ccccc13)N2. The summed E-state index contributed by atoms with van der Waals surface area (Å²) in [5.41, 5.74) is 5.26. The number of aromatic amines is 1. The van der Waals surface area contributed by atoms with E-state index in [2.05, 4.69) is 65.0 Å². The van der Waals surface area contributed by atoms with Gasteiger partial charge in [0.25, 0.3) is 0 Å². The number of rotatable bonds is 1. The molecule has 18 heavy (non-hydrogen) atoms. The molecule has 1 atom stereocenters. The largest absolute Gasteiger partial charge is 0.378 e. The van der Waals surface area contributed by atoms with Crippen molar-refractivity contribution in [3.63, 3.8) is 0 Å². The second-order valence-electron chi connectivity index (χ2n) is 4.85. The van der Waals surface area contributed by atoms with E-state index < -0.39 is 0 Å². The first-order chi connectivity index (χ1) is 8.92. The highest BCUT2D eigenvalue weighted by Gasteiger charge is 2.23. The molecule has 4 rings (SSSR count). The maximum Gasteiger partial charge on any atom is 0.0576 e. The van der Waals surface area contributed by atoms with Gasteiger partial charge in [-0.25, -0.2) is 0 Å². The molecule has 0 bridgehead atoms. The third-order valence-electron chi connectivity index (χ3n) is 3.77. The van der Waals surface area contributed by atoms with Crippen molar-refractivity contribution in [1.82, 2.24) is 4.98 Å². The van der Waals surface area contributed by atoms with E-state index in [1.54, 1.807) is 0 Å². The van der Waals surface area contributed by atoms with E-state index in [4.69, 9.17) is 0 Å². The van der Waals surface area contributed by atoms with Gasteiger partial charge in [0.05, 0.1) is 6.04 Å². The van der Waals surface area contributed by atoms with Crippen molar-refractivity contribution in [3.05, 3.63) is 65.9 Å². The van der Waals surface area contributed by atoms with Crippen molar-refractivity contribution in [2.45, 2.75) is 12.5 Å². The summed E-state index contributed by atoms with van der Waals surface area (Å²) in [4.78, 5) is 3.35. The molecule has 0 aliphatic carbocycles. The molecule has 0 amide bonds. The molecule has 2 N–H and O–H groups in total. The van der Waals surface area contributed by atoms with Crippen LogP contribution >= 0.6 is 0 Å². The molecule has 2 heteroatoms. The summed E-state index contributed by atoms with van der Waals surface area (Å²) in [5.74, 6) is 0. The molecule has 0 fully saturated rings. The van der Waals surface area contributed by atoms with Gasteiger partial charge in [0, 0.05) is 25.6 Å². The first-order valence-electron chi connectivity index (χ1n) is 6.32. The lowest BCUT2D eigenvalue weighted by Gasteiger charge is -2.10. The molecule has 1 aliphatic rings. The Labute approximate surface area is 109 Å². The molecule has 2 nitrogen and oxygen atoms in total. The molecular weight excluding hydrogens is 220 g/mol. The molecule has 0 saturated carbocycles. The zero-order valence-corrected chi connectivity index (χ0v) is 9.98. The minimum absolute atomic E-state index is 0. The summed E-state index contributed by atoms with van der Waals surface area (Å²) in [6.07, 6.45) is 3.20. The number of hydrogen-bond donors (Lipinski definition) is 2. The van der Waals surface area contributed by atoms with Crippen molar-refractivity contribution >= 4 is 16.6 Å². The van der Waals surface area contributed by atoms with E-state index in [0.29, 0.717) is 6.04 Å². The monoisotopic (exact) mass is 238 g/mol. The van der Waals surface area contributed by atoms with Crippen LogP contribution in [0, 0.1) is 0 Å². The Bertz CT molecular complexity index is 696. The fourth-order valence-corrected chi connectivity index (χ4v) is 2.87. The predicted octanol–water partition coefficient (Wildman–Crippen LogP) is 4.37. The lowest BCUT2D eigenvalue weighted by molar-refractivity contribution is 0.832. The Kier molecular flexibility index (Phi) is 1.97. The second-order valence-corrected chi connectivity index (χ2v) is 4.85. The Morgan fingerprint density at radius 2 is 1.83 bits per heavy atom. The van der Waals surface area contributed by atoms with Gasteiger partial charge in [0.2, 0.25) is 0 Å². The van der Waals surface area contributed by atoms with Crippen molar-refractivity contribution in [1.29, 1.82) is 0 Å². The van der Waals surface area contributed by atoms with Crippen molar-refractivity contribution in [2.24, 2.45) is 0 Å². The van der Waals surface area contributed by atoms with Gasteiger partial charge in [0.15, 0.2) is 0 Å². The minimum atomic E-state index is 0. The molecule has 1 aromatic heterocycles. The predicted molar refractivity (Wildman–Crippen MR) is 79.0 cm³/mol. The molecular formula is C16H18N2. The number of aromatic nitrogens is 1. The van der Waals surface area contributed by atoms with Crippen LogP contribution in [0.3, 0.4) is 0 Å². The van der Waals surface area contributed by atoms with Crippen LogP contribution in [-0.2, 0) is 6.42 Å². The highest BCUT2D eigenvalue weighted by atomic mass is 15.0. The molecule has 1 unspecified atom stereocenters. The number of para-hydroxylation sites is 2. The van der Waals surface area contributed by atoms with Crippen LogP contribution in [0.2, 0.25) is 0 Å². The van der Waals surface area contributed by atoms with Crippen LogP contribution in [0.1, 0.15) is 20.0 Å². The van der Waals surface area contributed by atoms with Gasteiger partial charge < -0.3 is 10.3 Å². The molecule has 0 saturated heterocycles. The number of hydrogen-bond acceptors (Lipinski definition) is 1. The summed E-state index contributed by atoms with van der Waals surface area (Å²) in [6, 6.07) is 17.4. The number of fused-ring (bicyclic) bond motifs is 2. The van der Waals surface area contributed by atoms with Gasteiger partial charge in [0.1, 0.15) is 0 Å². The summed E-state index contributed by atoms with van der Waals surface area (Å²) in [6.45, 7) is 0. The topological polar surface area (TPSA) is 27.8 Å². The maximum atomic E-state index is 3.61. The van der Waals surface area contributed by atoms with Crippen LogP contribution in [0.25, 0.3) is 10.9 Å². The van der Waals surface area contributed by atoms with Gasteiger partial charge in [-0.15, -0.1) is 0 Å². The lowest BCUT2D eigenvalue weighted by atomic mass is 10.0. The second kappa shape index (κ2) is 3.64. The van der Waals surface area contributed by atoms with E-state index >= 15 is 0 Å². The third kappa shape index (κ3) is 1.35.